The Morgan fingerprint density at radius 3 is 2.77 bits per heavy atom. The fourth-order valence-electron chi connectivity index (χ4n) is 3.38. The number of benzene rings is 2. The zero-order valence-electron chi connectivity index (χ0n) is 16.2. The molecule has 0 atom stereocenters. The van der Waals surface area contributed by atoms with Crippen molar-refractivity contribution in [2.24, 2.45) is 0 Å². The minimum absolute atomic E-state index is 0.0411. The number of H-pyrrole nitrogens is 1. The average molecular weight is 449 g/mol. The molecule has 7 nitrogen and oxygen atoms in total. The first-order chi connectivity index (χ1) is 14.3. The average Bonchev–Trinajstić information content (AvgIpc) is 3.19. The number of rotatable bonds is 6. The Bertz CT molecular complexity index is 1370. The number of hydrogen-bond donors (Lipinski definition) is 2. The van der Waals surface area contributed by atoms with Crippen molar-refractivity contribution in [2.45, 2.75) is 13.3 Å². The molecule has 30 heavy (non-hydrogen) atoms. The van der Waals surface area contributed by atoms with Gasteiger partial charge in [-0.1, -0.05) is 18.5 Å². The molecule has 0 bridgehead atoms. The summed E-state index contributed by atoms with van der Waals surface area (Å²) in [4.78, 5) is 4.31. The Morgan fingerprint density at radius 2 is 2.03 bits per heavy atom. The molecule has 4 aromatic rings. The van der Waals surface area contributed by atoms with E-state index in [0.29, 0.717) is 23.4 Å². The highest BCUT2D eigenvalue weighted by molar-refractivity contribution is 7.92. The van der Waals surface area contributed by atoms with Crippen molar-refractivity contribution < 1.29 is 17.5 Å². The molecule has 4 rings (SSSR count). The second-order valence-corrected chi connectivity index (χ2v) is 8.95. The fourth-order valence-corrected chi connectivity index (χ4v) is 4.88. The second-order valence-electron chi connectivity index (χ2n) is 6.74. The third kappa shape index (κ3) is 3.54. The molecular weight excluding hydrogens is 431 g/mol. The maximum atomic E-state index is 14.9. The van der Waals surface area contributed by atoms with Gasteiger partial charge in [-0.25, -0.2) is 17.8 Å². The Balaban J connectivity index is 1.93. The molecular formula is C20H18ClFN4O3S. The van der Waals surface area contributed by atoms with Crippen molar-refractivity contribution in [3.63, 3.8) is 0 Å². The van der Waals surface area contributed by atoms with Gasteiger partial charge in [0.15, 0.2) is 5.65 Å². The molecule has 2 heterocycles. The molecule has 10 heteroatoms. The zero-order valence-corrected chi connectivity index (χ0v) is 17.7. The minimum atomic E-state index is -3.60. The highest BCUT2D eigenvalue weighted by Gasteiger charge is 2.21. The van der Waals surface area contributed by atoms with E-state index < -0.39 is 15.8 Å². The molecule has 0 saturated heterocycles. The van der Waals surface area contributed by atoms with Crippen LogP contribution in [0.4, 0.5) is 10.1 Å². The van der Waals surface area contributed by atoms with Gasteiger partial charge in [-0.2, -0.15) is 5.10 Å². The lowest BCUT2D eigenvalue weighted by Crippen LogP contribution is -2.16. The number of halogens is 2. The van der Waals surface area contributed by atoms with Gasteiger partial charge in [0.2, 0.25) is 10.0 Å². The summed E-state index contributed by atoms with van der Waals surface area (Å²) in [5.41, 5.74) is 1.15. The molecule has 0 aliphatic carbocycles. The van der Waals surface area contributed by atoms with Gasteiger partial charge in [0.05, 0.1) is 29.8 Å². The predicted octanol–water partition coefficient (Wildman–Crippen LogP) is 4.73. The molecule has 2 N–H and O–H groups in total. The van der Waals surface area contributed by atoms with Gasteiger partial charge in [0.25, 0.3) is 0 Å². The van der Waals surface area contributed by atoms with E-state index in [-0.39, 0.29) is 22.0 Å². The van der Waals surface area contributed by atoms with Crippen LogP contribution in [0.25, 0.3) is 32.9 Å². The van der Waals surface area contributed by atoms with Crippen molar-refractivity contribution in [3.8, 4) is 16.9 Å². The first-order valence-electron chi connectivity index (χ1n) is 9.13. The maximum absolute atomic E-state index is 14.9. The number of hydrogen-bond acceptors (Lipinski definition) is 5. The monoisotopic (exact) mass is 448 g/mol. The molecule has 0 fully saturated rings. The summed E-state index contributed by atoms with van der Waals surface area (Å²) in [6, 6.07) is 5.95. The number of nitrogens with zero attached hydrogens (tertiary/aromatic N) is 2. The maximum Gasteiger partial charge on any atom is 0.232 e. The third-order valence-corrected chi connectivity index (χ3v) is 6.58. The van der Waals surface area contributed by atoms with Gasteiger partial charge < -0.3 is 4.74 Å². The predicted molar refractivity (Wildman–Crippen MR) is 116 cm³/mol. The fraction of sp³-hybridized carbons (Fsp3) is 0.200. The number of anilines is 1. The van der Waals surface area contributed by atoms with Crippen LogP contribution in [-0.4, -0.2) is 36.5 Å². The number of aromatic amines is 1. The van der Waals surface area contributed by atoms with E-state index in [1.807, 2.05) is 0 Å². The first kappa shape index (κ1) is 20.4. The van der Waals surface area contributed by atoms with Gasteiger partial charge in [-0.15, -0.1) is 0 Å². The number of ether oxygens (including phenoxy) is 1. The molecule has 0 aliphatic rings. The van der Waals surface area contributed by atoms with Crippen LogP contribution >= 0.6 is 11.6 Å². The van der Waals surface area contributed by atoms with E-state index >= 15 is 0 Å². The van der Waals surface area contributed by atoms with Gasteiger partial charge in [-0.3, -0.25) is 9.82 Å². The third-order valence-electron chi connectivity index (χ3n) is 4.71. The highest BCUT2D eigenvalue weighted by atomic mass is 35.5. The van der Waals surface area contributed by atoms with Gasteiger partial charge in [-0.05, 0) is 36.1 Å². The van der Waals surface area contributed by atoms with Gasteiger partial charge >= 0.3 is 0 Å². The smallest absolute Gasteiger partial charge is 0.232 e. The van der Waals surface area contributed by atoms with Crippen LogP contribution in [0.5, 0.6) is 5.75 Å². The molecule has 156 valence electrons. The summed E-state index contributed by atoms with van der Waals surface area (Å²) in [6.07, 6.45) is 3.73. The van der Waals surface area contributed by atoms with E-state index in [9.17, 15) is 12.8 Å². The molecule has 0 radical (unpaired) electrons. The van der Waals surface area contributed by atoms with Crippen LogP contribution in [0.3, 0.4) is 0 Å². The molecule has 0 spiro atoms. The largest absolute Gasteiger partial charge is 0.496 e. The summed E-state index contributed by atoms with van der Waals surface area (Å²) >= 11 is 6.46. The molecule has 0 saturated carbocycles. The van der Waals surface area contributed by atoms with E-state index in [0.717, 1.165) is 16.2 Å². The zero-order chi connectivity index (χ0) is 21.5. The van der Waals surface area contributed by atoms with E-state index in [1.54, 1.807) is 31.5 Å². The van der Waals surface area contributed by atoms with Crippen LogP contribution in [0.15, 0.2) is 36.7 Å². The van der Waals surface area contributed by atoms with Gasteiger partial charge in [0, 0.05) is 28.1 Å². The lowest BCUT2D eigenvalue weighted by Gasteiger charge is -2.16. The Labute approximate surface area is 177 Å². The summed E-state index contributed by atoms with van der Waals surface area (Å²) in [5.74, 6) is -0.291. The Hall–Kier alpha value is -2.91. The number of nitrogens with one attached hydrogen (secondary N) is 2. The quantitative estimate of drug-likeness (QED) is 0.444. The number of pyridine rings is 1. The molecule has 0 amide bonds. The van der Waals surface area contributed by atoms with E-state index in [2.05, 4.69) is 19.9 Å². The second kappa shape index (κ2) is 7.73. The first-order valence-corrected chi connectivity index (χ1v) is 11.2. The van der Waals surface area contributed by atoms with Crippen LogP contribution in [0, 0.1) is 5.82 Å². The molecule has 2 aromatic heterocycles. The van der Waals surface area contributed by atoms with Crippen LogP contribution < -0.4 is 9.46 Å². The van der Waals surface area contributed by atoms with Crippen molar-refractivity contribution in [2.75, 3.05) is 17.6 Å². The van der Waals surface area contributed by atoms with Gasteiger partial charge in [0.1, 0.15) is 11.6 Å². The lowest BCUT2D eigenvalue weighted by molar-refractivity contribution is 0.417. The van der Waals surface area contributed by atoms with Crippen molar-refractivity contribution >= 4 is 49.1 Å². The van der Waals surface area contributed by atoms with Crippen LogP contribution in [-0.2, 0) is 10.0 Å². The Kier molecular flexibility index (Phi) is 5.25. The number of aromatic nitrogens is 3. The summed E-state index contributed by atoms with van der Waals surface area (Å²) < 4.78 is 47.2. The minimum Gasteiger partial charge on any atom is -0.496 e. The van der Waals surface area contributed by atoms with E-state index in [1.165, 1.54) is 19.2 Å². The summed E-state index contributed by atoms with van der Waals surface area (Å²) in [7, 11) is -2.13. The summed E-state index contributed by atoms with van der Waals surface area (Å²) in [5, 5.41) is 9.11. The topological polar surface area (TPSA) is 97.0 Å². The van der Waals surface area contributed by atoms with Crippen molar-refractivity contribution in [1.29, 1.82) is 0 Å². The van der Waals surface area contributed by atoms with Crippen molar-refractivity contribution in [3.05, 3.63) is 47.5 Å². The Morgan fingerprint density at radius 1 is 1.23 bits per heavy atom. The lowest BCUT2D eigenvalue weighted by atomic mass is 9.99. The number of methoxy groups -OCH3 is 1. The highest BCUT2D eigenvalue weighted by Crippen LogP contribution is 2.43. The SMILES string of the molecule is CCCS(=O)(=O)Nc1ccc(F)c(-c2cc3cnc4[nH]ncc4c3cc2OC)c1Cl. The standard InChI is InChI=1S/C20H18ClFN4O3S/c1-3-6-30(27,28)26-16-5-4-15(22)18(19(16)21)13-7-11-9-23-20-14(10-24-25-20)12(11)8-17(13)29-2/h4-5,7-10,26H,3,6H2,1-2H3,(H,23,24,25). The van der Waals surface area contributed by atoms with Crippen LogP contribution in [0.2, 0.25) is 5.02 Å². The molecule has 0 unspecified atom stereocenters. The van der Waals surface area contributed by atoms with E-state index in [4.69, 9.17) is 16.3 Å². The number of sulfonamides is 1. The molecule has 2 aromatic carbocycles. The molecule has 0 aliphatic heterocycles. The normalized spacial score (nSPS) is 11.9. The van der Waals surface area contributed by atoms with Crippen LogP contribution in [0.1, 0.15) is 13.3 Å². The summed E-state index contributed by atoms with van der Waals surface area (Å²) in [6.45, 7) is 1.75. The number of fused-ring (bicyclic) bond motifs is 3. The van der Waals surface area contributed by atoms with Crippen molar-refractivity contribution in [1.82, 2.24) is 15.2 Å².